The minimum atomic E-state index is -3.79. The van der Waals surface area contributed by atoms with Gasteiger partial charge in [-0.15, -0.1) is 0 Å². The highest BCUT2D eigenvalue weighted by Crippen LogP contribution is 2.30. The summed E-state index contributed by atoms with van der Waals surface area (Å²) in [7, 11) is -2.54. The summed E-state index contributed by atoms with van der Waals surface area (Å²) in [5.74, 6) is -0.0732. The van der Waals surface area contributed by atoms with E-state index in [2.05, 4.69) is 4.72 Å². The van der Waals surface area contributed by atoms with Gasteiger partial charge in [0.1, 0.15) is 10.6 Å². The highest BCUT2D eigenvalue weighted by atomic mass is 32.2. The number of benzene rings is 1. The molecule has 0 saturated heterocycles. The monoisotopic (exact) mass is 287 g/mol. The van der Waals surface area contributed by atoms with Crippen molar-refractivity contribution in [1.29, 1.82) is 0 Å². The predicted octanol–water partition coefficient (Wildman–Crippen LogP) is -0.0187. The Morgan fingerprint density at radius 3 is 2.63 bits per heavy atom. The third kappa shape index (κ3) is 2.83. The van der Waals surface area contributed by atoms with Crippen molar-refractivity contribution in [1.82, 2.24) is 4.72 Å². The zero-order valence-electron chi connectivity index (χ0n) is 10.1. The molecule has 0 heterocycles. The van der Waals surface area contributed by atoms with Gasteiger partial charge in [0.2, 0.25) is 10.0 Å². The summed E-state index contributed by atoms with van der Waals surface area (Å²) >= 11 is 0. The van der Waals surface area contributed by atoms with Crippen molar-refractivity contribution in [3.63, 3.8) is 0 Å². The Bertz CT molecular complexity index is 616. The fraction of sp³-hybridized carbons (Fsp3) is 0.400. The van der Waals surface area contributed by atoms with E-state index in [0.717, 1.165) is 18.2 Å². The van der Waals surface area contributed by atoms with Gasteiger partial charge in [0.25, 0.3) is 5.69 Å². The summed E-state index contributed by atoms with van der Waals surface area (Å²) in [6.45, 7) is 0. The van der Waals surface area contributed by atoms with Gasteiger partial charge in [0.15, 0.2) is 0 Å². The topological polar surface area (TPSA) is 125 Å². The average molecular weight is 287 g/mol. The molecule has 104 valence electrons. The van der Waals surface area contributed by atoms with Crippen molar-refractivity contribution in [3.05, 3.63) is 28.3 Å². The van der Waals surface area contributed by atoms with Gasteiger partial charge in [-0.3, -0.25) is 10.1 Å². The molecule has 0 radical (unpaired) electrons. The lowest BCUT2D eigenvalue weighted by Crippen LogP contribution is -2.30. The number of non-ortho nitro benzene ring substituents is 1. The highest BCUT2D eigenvalue weighted by Gasteiger charge is 2.38. The summed E-state index contributed by atoms with van der Waals surface area (Å²) in [4.78, 5) is 9.87. The van der Waals surface area contributed by atoms with Crippen LogP contribution in [-0.4, -0.2) is 32.5 Å². The van der Waals surface area contributed by atoms with Crippen molar-refractivity contribution < 1.29 is 18.1 Å². The van der Waals surface area contributed by atoms with Crippen LogP contribution >= 0.6 is 0 Å². The van der Waals surface area contributed by atoms with E-state index in [1.54, 1.807) is 0 Å². The van der Waals surface area contributed by atoms with E-state index in [0.29, 0.717) is 6.42 Å². The number of nitrogens with one attached hydrogen (secondary N) is 1. The summed E-state index contributed by atoms with van der Waals surface area (Å²) in [6.07, 6.45) is 0.578. The molecule has 1 aliphatic rings. The molecule has 0 aromatic heterocycles. The second-order valence-electron chi connectivity index (χ2n) is 4.22. The second-order valence-corrected chi connectivity index (χ2v) is 5.90. The maximum Gasteiger partial charge on any atom is 0.273 e. The molecule has 8 nitrogen and oxygen atoms in total. The van der Waals surface area contributed by atoms with Gasteiger partial charge >= 0.3 is 0 Å². The Kier molecular flexibility index (Phi) is 3.43. The van der Waals surface area contributed by atoms with Crippen molar-refractivity contribution in [2.24, 2.45) is 5.73 Å². The van der Waals surface area contributed by atoms with Gasteiger partial charge < -0.3 is 10.5 Å². The fourth-order valence-corrected chi connectivity index (χ4v) is 3.06. The fourth-order valence-electron chi connectivity index (χ4n) is 1.60. The van der Waals surface area contributed by atoms with Crippen LogP contribution in [0.2, 0.25) is 0 Å². The average Bonchev–Trinajstić information content (AvgIpc) is 3.02. The Balaban J connectivity index is 2.35. The first-order chi connectivity index (χ1) is 8.85. The first-order valence-corrected chi connectivity index (χ1v) is 6.94. The van der Waals surface area contributed by atoms with Crippen LogP contribution in [0.1, 0.15) is 6.42 Å². The lowest BCUT2D eigenvalue weighted by atomic mass is 10.3. The number of hydrogen-bond acceptors (Lipinski definition) is 6. The van der Waals surface area contributed by atoms with Crippen molar-refractivity contribution in [2.45, 2.75) is 23.4 Å². The first-order valence-electron chi connectivity index (χ1n) is 5.45. The minimum absolute atomic E-state index is 0.0732. The van der Waals surface area contributed by atoms with Gasteiger partial charge in [0.05, 0.1) is 18.1 Å². The van der Waals surface area contributed by atoms with E-state index in [9.17, 15) is 18.5 Å². The first kappa shape index (κ1) is 13.7. The zero-order chi connectivity index (χ0) is 14.2. The van der Waals surface area contributed by atoms with Gasteiger partial charge in [-0.1, -0.05) is 0 Å². The van der Waals surface area contributed by atoms with Crippen LogP contribution < -0.4 is 15.2 Å². The maximum absolute atomic E-state index is 12.1. The summed E-state index contributed by atoms with van der Waals surface area (Å²) < 4.78 is 31.5. The molecule has 3 N–H and O–H groups in total. The molecule has 1 fully saturated rings. The van der Waals surface area contributed by atoms with Gasteiger partial charge in [-0.25, -0.2) is 13.1 Å². The molecule has 1 aromatic rings. The quantitative estimate of drug-likeness (QED) is 0.579. The van der Waals surface area contributed by atoms with E-state index in [-0.39, 0.29) is 28.4 Å². The Hall–Kier alpha value is -1.71. The largest absolute Gasteiger partial charge is 0.495 e. The zero-order valence-corrected chi connectivity index (χ0v) is 10.9. The number of nitrogens with zero attached hydrogens (tertiary/aromatic N) is 1. The lowest BCUT2D eigenvalue weighted by molar-refractivity contribution is -0.385. The second kappa shape index (κ2) is 4.76. The van der Waals surface area contributed by atoms with Crippen LogP contribution in [0.3, 0.4) is 0 Å². The molecule has 1 aliphatic carbocycles. The standard InChI is InChI=1S/C10H13N3O5S/c1-18-9-4-6(13(14)15)2-3-10(9)19(16,17)12-8-5-7(8)11/h2-4,7-8,12H,5,11H2,1H3. The highest BCUT2D eigenvalue weighted by molar-refractivity contribution is 7.89. The molecule has 0 bridgehead atoms. The number of rotatable bonds is 5. The molecular formula is C10H13N3O5S. The molecule has 2 atom stereocenters. The number of nitro groups is 1. The molecule has 1 aromatic carbocycles. The number of methoxy groups -OCH3 is 1. The van der Waals surface area contributed by atoms with E-state index in [1.807, 2.05) is 0 Å². The van der Waals surface area contributed by atoms with E-state index in [4.69, 9.17) is 10.5 Å². The number of nitro benzene ring substituents is 1. The van der Waals surface area contributed by atoms with E-state index in [1.165, 1.54) is 7.11 Å². The Labute approximate surface area is 109 Å². The Morgan fingerprint density at radius 2 is 2.16 bits per heavy atom. The molecule has 2 unspecified atom stereocenters. The van der Waals surface area contributed by atoms with Crippen LogP contribution in [-0.2, 0) is 10.0 Å². The smallest absolute Gasteiger partial charge is 0.273 e. The maximum atomic E-state index is 12.1. The number of ether oxygens (including phenoxy) is 1. The molecule has 0 spiro atoms. The molecule has 19 heavy (non-hydrogen) atoms. The minimum Gasteiger partial charge on any atom is -0.495 e. The summed E-state index contributed by atoms with van der Waals surface area (Å²) in [5.41, 5.74) is 5.30. The molecule has 0 aliphatic heterocycles. The molecule has 9 heteroatoms. The van der Waals surface area contributed by atoms with Crippen LogP contribution in [0.15, 0.2) is 23.1 Å². The van der Waals surface area contributed by atoms with Crippen molar-refractivity contribution in [3.8, 4) is 5.75 Å². The van der Waals surface area contributed by atoms with E-state index < -0.39 is 14.9 Å². The van der Waals surface area contributed by atoms with E-state index >= 15 is 0 Å². The van der Waals surface area contributed by atoms with Gasteiger partial charge in [0, 0.05) is 18.2 Å². The van der Waals surface area contributed by atoms with Crippen LogP contribution in [0.5, 0.6) is 5.75 Å². The number of nitrogens with two attached hydrogens (primary N) is 1. The molecule has 0 amide bonds. The third-order valence-corrected chi connectivity index (χ3v) is 4.32. The summed E-state index contributed by atoms with van der Waals surface area (Å²) in [6, 6.07) is 2.86. The SMILES string of the molecule is COc1cc([N+](=O)[O-])ccc1S(=O)(=O)NC1CC1N. The van der Waals surface area contributed by atoms with Crippen molar-refractivity contribution in [2.75, 3.05) is 7.11 Å². The normalized spacial score (nSPS) is 22.0. The summed E-state index contributed by atoms with van der Waals surface area (Å²) in [5, 5.41) is 10.6. The number of hydrogen-bond donors (Lipinski definition) is 2. The Morgan fingerprint density at radius 1 is 1.53 bits per heavy atom. The third-order valence-electron chi connectivity index (χ3n) is 2.79. The number of sulfonamides is 1. The molecule has 1 saturated carbocycles. The van der Waals surface area contributed by atoms with Gasteiger partial charge in [-0.05, 0) is 12.5 Å². The van der Waals surface area contributed by atoms with Gasteiger partial charge in [-0.2, -0.15) is 0 Å². The predicted molar refractivity (Wildman–Crippen MR) is 66.4 cm³/mol. The van der Waals surface area contributed by atoms with Crippen LogP contribution in [0.4, 0.5) is 5.69 Å². The van der Waals surface area contributed by atoms with Crippen LogP contribution in [0, 0.1) is 10.1 Å². The molecule has 2 rings (SSSR count). The molecular weight excluding hydrogens is 274 g/mol. The van der Waals surface area contributed by atoms with Crippen molar-refractivity contribution >= 4 is 15.7 Å². The lowest BCUT2D eigenvalue weighted by Gasteiger charge is -2.10. The van der Waals surface area contributed by atoms with Crippen LogP contribution in [0.25, 0.3) is 0 Å².